The van der Waals surface area contributed by atoms with Crippen LogP contribution in [0.15, 0.2) is 30.5 Å². The van der Waals surface area contributed by atoms with Gasteiger partial charge in [0.05, 0.1) is 11.1 Å². The smallest absolute Gasteiger partial charge is 0.422 e. The fourth-order valence-corrected chi connectivity index (χ4v) is 3.39. The number of alkyl halides is 3. The van der Waals surface area contributed by atoms with Crippen LogP contribution in [0.4, 0.5) is 26.7 Å². The minimum absolute atomic E-state index is 0.0483. The highest BCUT2D eigenvalue weighted by atomic mass is 35.5. The molecule has 1 unspecified atom stereocenters. The van der Waals surface area contributed by atoms with E-state index < -0.39 is 47.6 Å². The van der Waals surface area contributed by atoms with Gasteiger partial charge in [0, 0.05) is 25.4 Å². The Labute approximate surface area is 189 Å². The van der Waals surface area contributed by atoms with Crippen LogP contribution in [0, 0.1) is 11.6 Å². The molecule has 0 saturated carbocycles. The van der Waals surface area contributed by atoms with Gasteiger partial charge in [0.2, 0.25) is 11.8 Å². The van der Waals surface area contributed by atoms with Gasteiger partial charge in [-0.3, -0.25) is 4.79 Å². The first-order chi connectivity index (χ1) is 15.5. The summed E-state index contributed by atoms with van der Waals surface area (Å²) >= 11 is 5.75. The predicted octanol–water partition coefficient (Wildman–Crippen LogP) is 3.57. The first-order valence-electron chi connectivity index (χ1n) is 9.61. The Morgan fingerprint density at radius 1 is 1.33 bits per heavy atom. The molecule has 1 saturated heterocycles. The van der Waals surface area contributed by atoms with Gasteiger partial charge in [0.15, 0.2) is 18.2 Å². The fourth-order valence-electron chi connectivity index (χ4n) is 3.17. The first kappa shape index (κ1) is 24.5. The molecule has 0 aliphatic carbocycles. The second-order valence-corrected chi connectivity index (χ2v) is 7.58. The summed E-state index contributed by atoms with van der Waals surface area (Å²) in [4.78, 5) is 29.8. The highest BCUT2D eigenvalue weighted by Crippen LogP contribution is 2.29. The fraction of sp³-hybridized carbons (Fsp3) is 0.350. The van der Waals surface area contributed by atoms with Crippen LogP contribution in [0.1, 0.15) is 24.1 Å². The third kappa shape index (κ3) is 6.01. The molecule has 1 aliphatic rings. The summed E-state index contributed by atoms with van der Waals surface area (Å²) in [5, 5.41) is 4.69. The van der Waals surface area contributed by atoms with Gasteiger partial charge in [-0.25, -0.2) is 18.6 Å². The molecule has 1 fully saturated rings. The topological polar surface area (TPSA) is 83.6 Å². The van der Waals surface area contributed by atoms with Gasteiger partial charge in [0.1, 0.15) is 6.04 Å². The number of amides is 3. The van der Waals surface area contributed by atoms with Crippen molar-refractivity contribution < 1.29 is 36.3 Å². The van der Waals surface area contributed by atoms with Crippen molar-refractivity contribution >= 4 is 23.5 Å². The lowest BCUT2D eigenvalue weighted by Gasteiger charge is -2.34. The van der Waals surface area contributed by atoms with E-state index in [1.54, 1.807) is 0 Å². The third-order valence-electron chi connectivity index (χ3n) is 4.84. The number of carbonyl (C=O) groups is 2. The zero-order valence-electron chi connectivity index (χ0n) is 17.0. The molecule has 0 spiro atoms. The molecular formula is C20H18ClF5N4O3. The number of ether oxygens (including phenoxy) is 1. The van der Waals surface area contributed by atoms with Crippen molar-refractivity contribution in [1.82, 2.24) is 20.5 Å². The Morgan fingerprint density at radius 2 is 2.06 bits per heavy atom. The first-order valence-corrected chi connectivity index (χ1v) is 9.99. The van der Waals surface area contributed by atoms with E-state index in [1.165, 1.54) is 17.9 Å². The van der Waals surface area contributed by atoms with Crippen molar-refractivity contribution in [2.45, 2.75) is 25.2 Å². The molecule has 7 nitrogen and oxygen atoms in total. The Hall–Kier alpha value is -3.15. The van der Waals surface area contributed by atoms with Crippen molar-refractivity contribution in [2.75, 3.05) is 19.7 Å². The van der Waals surface area contributed by atoms with Crippen molar-refractivity contribution in [2.24, 2.45) is 0 Å². The molecule has 1 aromatic heterocycles. The molecule has 1 aliphatic heterocycles. The van der Waals surface area contributed by atoms with Crippen LogP contribution in [0.25, 0.3) is 0 Å². The van der Waals surface area contributed by atoms with E-state index in [9.17, 15) is 31.5 Å². The summed E-state index contributed by atoms with van der Waals surface area (Å²) in [7, 11) is 0. The van der Waals surface area contributed by atoms with Crippen LogP contribution < -0.4 is 15.4 Å². The Bertz CT molecular complexity index is 1010. The van der Waals surface area contributed by atoms with Crippen LogP contribution >= 0.6 is 11.6 Å². The SMILES string of the molecule is C[C@@H]1C(=O)NCCN1C(=O)NC(c1ccc(OCC(F)(F)F)nc1)c1cc(F)c(F)c(Cl)c1. The number of nitrogens with zero attached hydrogens (tertiary/aromatic N) is 2. The number of aromatic nitrogens is 1. The molecule has 33 heavy (non-hydrogen) atoms. The van der Waals surface area contributed by atoms with E-state index in [0.29, 0.717) is 0 Å². The van der Waals surface area contributed by atoms with E-state index in [4.69, 9.17) is 11.6 Å². The van der Waals surface area contributed by atoms with Crippen molar-refractivity contribution in [1.29, 1.82) is 0 Å². The lowest BCUT2D eigenvalue weighted by atomic mass is 10.00. The normalized spacial score (nSPS) is 17.4. The van der Waals surface area contributed by atoms with Crippen LogP contribution in [-0.4, -0.2) is 53.7 Å². The predicted molar refractivity (Wildman–Crippen MR) is 107 cm³/mol. The lowest BCUT2D eigenvalue weighted by molar-refractivity contribution is -0.154. The molecule has 1 aromatic carbocycles. The van der Waals surface area contributed by atoms with E-state index >= 15 is 0 Å². The standard InChI is InChI=1S/C20H18ClF5N4O3/c1-10-18(31)27-4-5-30(10)19(32)29-17(12-6-13(21)16(23)14(22)7-12)11-2-3-15(28-8-11)33-9-20(24,25)26/h2-3,6-8,10,17H,4-5,9H2,1H3,(H,27,31)(H,29,32)/t10-,17?/m1/s1. The highest BCUT2D eigenvalue weighted by Gasteiger charge is 2.32. The van der Waals surface area contributed by atoms with Gasteiger partial charge in [-0.2, -0.15) is 13.2 Å². The molecule has 0 radical (unpaired) electrons. The van der Waals surface area contributed by atoms with Gasteiger partial charge < -0.3 is 20.3 Å². The Morgan fingerprint density at radius 3 is 2.67 bits per heavy atom. The largest absolute Gasteiger partial charge is 0.468 e. The number of halogens is 6. The number of piperazine rings is 1. The minimum Gasteiger partial charge on any atom is -0.468 e. The van der Waals surface area contributed by atoms with Gasteiger partial charge in [-0.05, 0) is 36.2 Å². The number of pyridine rings is 1. The maximum absolute atomic E-state index is 14.0. The molecule has 2 atom stereocenters. The van der Waals surface area contributed by atoms with E-state index in [1.807, 2.05) is 0 Å². The zero-order valence-corrected chi connectivity index (χ0v) is 17.8. The number of carbonyl (C=O) groups excluding carboxylic acids is 2. The molecule has 0 bridgehead atoms. The molecule has 3 amide bonds. The summed E-state index contributed by atoms with van der Waals surface area (Å²) in [6, 6.07) is 1.79. The number of benzene rings is 1. The van der Waals surface area contributed by atoms with Crippen LogP contribution in [-0.2, 0) is 4.79 Å². The quantitative estimate of drug-likeness (QED) is 0.494. The zero-order chi connectivity index (χ0) is 24.3. The summed E-state index contributed by atoms with van der Waals surface area (Å²) in [5.74, 6) is -3.23. The van der Waals surface area contributed by atoms with Gasteiger partial charge >= 0.3 is 12.2 Å². The van der Waals surface area contributed by atoms with E-state index in [0.717, 1.165) is 24.4 Å². The van der Waals surface area contributed by atoms with E-state index in [-0.39, 0.29) is 36.0 Å². The molecule has 13 heteroatoms. The molecule has 2 N–H and O–H groups in total. The maximum Gasteiger partial charge on any atom is 0.422 e. The molecular weight excluding hydrogens is 475 g/mol. The van der Waals surface area contributed by atoms with Gasteiger partial charge in [-0.1, -0.05) is 11.6 Å². The van der Waals surface area contributed by atoms with Crippen molar-refractivity contribution in [3.8, 4) is 5.88 Å². The number of nitrogens with one attached hydrogen (secondary N) is 2. The average molecular weight is 493 g/mol. The third-order valence-corrected chi connectivity index (χ3v) is 5.12. The maximum atomic E-state index is 14.0. The monoisotopic (exact) mass is 492 g/mol. The van der Waals surface area contributed by atoms with Crippen molar-refractivity contribution in [3.05, 3.63) is 58.2 Å². The van der Waals surface area contributed by atoms with Gasteiger partial charge in [-0.15, -0.1) is 0 Å². The van der Waals surface area contributed by atoms with Crippen LogP contribution in [0.3, 0.4) is 0 Å². The summed E-state index contributed by atoms with van der Waals surface area (Å²) in [6.45, 7) is 0.399. The molecule has 3 rings (SSSR count). The number of urea groups is 1. The lowest BCUT2D eigenvalue weighted by Crippen LogP contribution is -2.58. The second-order valence-electron chi connectivity index (χ2n) is 7.18. The average Bonchev–Trinajstić information content (AvgIpc) is 2.75. The van der Waals surface area contributed by atoms with Crippen molar-refractivity contribution in [3.63, 3.8) is 0 Å². The van der Waals surface area contributed by atoms with E-state index in [2.05, 4.69) is 20.4 Å². The second kappa shape index (κ2) is 9.77. The summed E-state index contributed by atoms with van der Waals surface area (Å²) in [5.41, 5.74) is 0.269. The molecule has 2 aromatic rings. The summed E-state index contributed by atoms with van der Waals surface area (Å²) in [6.07, 6.45) is -3.44. The number of hydrogen-bond donors (Lipinski definition) is 2. The minimum atomic E-state index is -4.56. The van der Waals surface area contributed by atoms with Gasteiger partial charge in [0.25, 0.3) is 0 Å². The molecule has 2 heterocycles. The molecule has 178 valence electrons. The Kier molecular flexibility index (Phi) is 7.25. The Balaban J connectivity index is 1.91. The number of hydrogen-bond acceptors (Lipinski definition) is 4. The van der Waals surface area contributed by atoms with Crippen LogP contribution in [0.2, 0.25) is 5.02 Å². The highest BCUT2D eigenvalue weighted by molar-refractivity contribution is 6.30. The van der Waals surface area contributed by atoms with Crippen LogP contribution in [0.5, 0.6) is 5.88 Å². The number of rotatable bonds is 5. The summed E-state index contributed by atoms with van der Waals surface area (Å²) < 4.78 is 69.3.